The third-order valence-corrected chi connectivity index (χ3v) is 5.01. The van der Waals surface area contributed by atoms with E-state index in [2.05, 4.69) is 52.5 Å². The summed E-state index contributed by atoms with van der Waals surface area (Å²) in [4.78, 5) is 2.34. The number of aliphatic hydroxyl groups is 1. The minimum atomic E-state index is 0.168. The Balaban J connectivity index is 1.86. The van der Waals surface area contributed by atoms with Crippen LogP contribution in [0, 0.1) is 13.8 Å². The van der Waals surface area contributed by atoms with E-state index < -0.39 is 0 Å². The standard InChI is InChI=1S/C18H27N5O/c1-14-7-6-8-15(2)18(14)23-17(19-20-21-23)13-22(11-12-24)16-9-4-3-5-10-16/h6-8,16,24H,3-5,9-13H2,1-2H3. The van der Waals surface area contributed by atoms with Crippen molar-refractivity contribution in [2.24, 2.45) is 0 Å². The lowest BCUT2D eigenvalue weighted by molar-refractivity contribution is 0.113. The number of hydrogen-bond donors (Lipinski definition) is 1. The first-order valence-electron chi connectivity index (χ1n) is 8.89. The van der Waals surface area contributed by atoms with Crippen LogP contribution in [0.2, 0.25) is 0 Å². The molecule has 1 heterocycles. The lowest BCUT2D eigenvalue weighted by atomic mass is 9.94. The quantitative estimate of drug-likeness (QED) is 0.881. The van der Waals surface area contributed by atoms with Gasteiger partial charge in [-0.2, -0.15) is 4.68 Å². The predicted molar refractivity (Wildman–Crippen MR) is 93.0 cm³/mol. The first-order valence-corrected chi connectivity index (χ1v) is 8.89. The van der Waals surface area contributed by atoms with Crippen LogP contribution in [0.3, 0.4) is 0 Å². The highest BCUT2D eigenvalue weighted by Crippen LogP contribution is 2.24. The molecule has 0 radical (unpaired) electrons. The summed E-state index contributed by atoms with van der Waals surface area (Å²) >= 11 is 0. The number of aliphatic hydroxyl groups excluding tert-OH is 1. The Labute approximate surface area is 143 Å². The molecule has 1 aromatic heterocycles. The van der Waals surface area contributed by atoms with E-state index in [1.54, 1.807) is 0 Å². The van der Waals surface area contributed by atoms with Crippen LogP contribution in [0.1, 0.15) is 49.1 Å². The van der Waals surface area contributed by atoms with E-state index in [9.17, 15) is 5.11 Å². The fraction of sp³-hybridized carbons (Fsp3) is 0.611. The zero-order valence-electron chi connectivity index (χ0n) is 14.6. The van der Waals surface area contributed by atoms with Crippen LogP contribution in [0.5, 0.6) is 0 Å². The van der Waals surface area contributed by atoms with Gasteiger partial charge in [-0.05, 0) is 48.2 Å². The topological polar surface area (TPSA) is 67.1 Å². The largest absolute Gasteiger partial charge is 0.395 e. The van der Waals surface area contributed by atoms with Gasteiger partial charge >= 0.3 is 0 Å². The third kappa shape index (κ3) is 3.65. The fourth-order valence-electron chi connectivity index (χ4n) is 3.76. The van der Waals surface area contributed by atoms with E-state index in [1.165, 1.54) is 32.1 Å². The number of benzene rings is 1. The molecule has 0 atom stereocenters. The maximum absolute atomic E-state index is 9.47. The Morgan fingerprint density at radius 1 is 1.17 bits per heavy atom. The fourth-order valence-corrected chi connectivity index (χ4v) is 3.76. The van der Waals surface area contributed by atoms with Gasteiger partial charge in [0.05, 0.1) is 18.8 Å². The maximum atomic E-state index is 9.47. The molecule has 0 bridgehead atoms. The molecule has 130 valence electrons. The van der Waals surface area contributed by atoms with Gasteiger partial charge in [-0.15, -0.1) is 5.10 Å². The molecular formula is C18H27N5O. The second-order valence-electron chi connectivity index (χ2n) is 6.73. The highest BCUT2D eigenvalue weighted by molar-refractivity contribution is 5.46. The van der Waals surface area contributed by atoms with Gasteiger partial charge in [-0.1, -0.05) is 37.5 Å². The van der Waals surface area contributed by atoms with Gasteiger partial charge < -0.3 is 5.11 Å². The van der Waals surface area contributed by atoms with E-state index in [0.29, 0.717) is 19.1 Å². The number of aryl methyl sites for hydroxylation is 2. The SMILES string of the molecule is Cc1cccc(C)c1-n1nnnc1CN(CCO)C1CCCCC1. The second-order valence-corrected chi connectivity index (χ2v) is 6.73. The normalized spacial score (nSPS) is 16.0. The van der Waals surface area contributed by atoms with Gasteiger partial charge in [0.25, 0.3) is 0 Å². The van der Waals surface area contributed by atoms with Gasteiger partial charge in [0.1, 0.15) is 0 Å². The lowest BCUT2D eigenvalue weighted by Crippen LogP contribution is -2.39. The van der Waals surface area contributed by atoms with Crippen LogP contribution < -0.4 is 0 Å². The van der Waals surface area contributed by atoms with E-state index in [-0.39, 0.29) is 6.61 Å². The Morgan fingerprint density at radius 3 is 2.54 bits per heavy atom. The number of para-hydroxylation sites is 1. The maximum Gasteiger partial charge on any atom is 0.170 e. The van der Waals surface area contributed by atoms with Crippen LogP contribution >= 0.6 is 0 Å². The smallest absolute Gasteiger partial charge is 0.170 e. The van der Waals surface area contributed by atoms with Gasteiger partial charge in [0.15, 0.2) is 5.82 Å². The third-order valence-electron chi connectivity index (χ3n) is 5.01. The monoisotopic (exact) mass is 329 g/mol. The van der Waals surface area contributed by atoms with E-state index in [4.69, 9.17) is 0 Å². The Morgan fingerprint density at radius 2 is 1.88 bits per heavy atom. The van der Waals surface area contributed by atoms with Gasteiger partial charge in [-0.25, -0.2) is 0 Å². The average Bonchev–Trinajstić information content (AvgIpc) is 3.03. The van der Waals surface area contributed by atoms with Crippen LogP contribution in [0.4, 0.5) is 0 Å². The van der Waals surface area contributed by atoms with Gasteiger partial charge in [0.2, 0.25) is 0 Å². The van der Waals surface area contributed by atoms with E-state index in [1.807, 2.05) is 4.68 Å². The van der Waals surface area contributed by atoms with Crippen molar-refractivity contribution in [1.82, 2.24) is 25.1 Å². The summed E-state index contributed by atoms with van der Waals surface area (Å²) in [7, 11) is 0. The average molecular weight is 329 g/mol. The first kappa shape index (κ1) is 17.0. The molecule has 0 unspecified atom stereocenters. The summed E-state index contributed by atoms with van der Waals surface area (Å²) in [6, 6.07) is 6.74. The zero-order chi connectivity index (χ0) is 16.9. The number of rotatable bonds is 6. The summed E-state index contributed by atoms with van der Waals surface area (Å²) in [5, 5.41) is 21.9. The van der Waals surface area contributed by atoms with Gasteiger partial charge in [-0.3, -0.25) is 4.90 Å². The Kier molecular flexibility index (Phi) is 5.58. The molecule has 6 nitrogen and oxygen atoms in total. The molecule has 0 spiro atoms. The molecule has 1 aliphatic rings. The molecule has 1 aliphatic carbocycles. The highest BCUT2D eigenvalue weighted by atomic mass is 16.3. The van der Waals surface area contributed by atoms with Crippen molar-refractivity contribution in [2.45, 2.75) is 58.5 Å². The summed E-state index contributed by atoms with van der Waals surface area (Å²) in [6.45, 7) is 5.68. The molecule has 6 heteroatoms. The van der Waals surface area contributed by atoms with Crippen molar-refractivity contribution in [1.29, 1.82) is 0 Å². The van der Waals surface area contributed by atoms with Crippen LogP contribution in [-0.2, 0) is 6.54 Å². The molecule has 1 aromatic carbocycles. The van der Waals surface area contributed by atoms with Gasteiger partial charge in [0, 0.05) is 12.6 Å². The van der Waals surface area contributed by atoms with Crippen molar-refractivity contribution in [3.05, 3.63) is 35.2 Å². The Hall–Kier alpha value is -1.79. The molecule has 0 aliphatic heterocycles. The number of nitrogens with zero attached hydrogens (tertiary/aromatic N) is 5. The summed E-state index contributed by atoms with van der Waals surface area (Å²) < 4.78 is 1.86. The van der Waals surface area contributed by atoms with Crippen molar-refractivity contribution in [2.75, 3.05) is 13.2 Å². The van der Waals surface area contributed by atoms with Crippen molar-refractivity contribution >= 4 is 0 Å². The first-order chi connectivity index (χ1) is 11.7. The minimum absolute atomic E-state index is 0.168. The van der Waals surface area contributed by atoms with Crippen LogP contribution in [-0.4, -0.2) is 49.4 Å². The molecule has 0 saturated heterocycles. The van der Waals surface area contributed by atoms with E-state index in [0.717, 1.165) is 22.6 Å². The number of tetrazole rings is 1. The summed E-state index contributed by atoms with van der Waals surface area (Å²) in [6.07, 6.45) is 6.27. The van der Waals surface area contributed by atoms with E-state index >= 15 is 0 Å². The minimum Gasteiger partial charge on any atom is -0.395 e. The predicted octanol–water partition coefficient (Wildman–Crippen LogP) is 2.41. The van der Waals surface area contributed by atoms with Crippen LogP contribution in [0.25, 0.3) is 5.69 Å². The van der Waals surface area contributed by atoms with Crippen molar-refractivity contribution in [3.8, 4) is 5.69 Å². The molecule has 1 saturated carbocycles. The summed E-state index contributed by atoms with van der Waals surface area (Å²) in [5.74, 6) is 0.839. The Bertz CT molecular complexity index is 643. The number of aromatic nitrogens is 4. The van der Waals surface area contributed by atoms with Crippen LogP contribution in [0.15, 0.2) is 18.2 Å². The molecule has 1 N–H and O–H groups in total. The lowest BCUT2D eigenvalue weighted by Gasteiger charge is -2.33. The van der Waals surface area contributed by atoms with Crippen molar-refractivity contribution < 1.29 is 5.11 Å². The van der Waals surface area contributed by atoms with Crippen molar-refractivity contribution in [3.63, 3.8) is 0 Å². The molecule has 3 rings (SSSR count). The molecule has 2 aromatic rings. The molecule has 0 amide bonds. The zero-order valence-corrected chi connectivity index (χ0v) is 14.6. The second kappa shape index (κ2) is 7.85. The molecule has 24 heavy (non-hydrogen) atoms. The summed E-state index contributed by atoms with van der Waals surface area (Å²) in [5.41, 5.74) is 3.38. The molecular weight excluding hydrogens is 302 g/mol. The molecule has 1 fully saturated rings. The number of hydrogen-bond acceptors (Lipinski definition) is 5. The highest BCUT2D eigenvalue weighted by Gasteiger charge is 2.23.